The maximum Gasteiger partial charge on any atom is 0.183 e. The molecule has 0 amide bonds. The van der Waals surface area contributed by atoms with E-state index in [0.29, 0.717) is 0 Å². The highest BCUT2D eigenvalue weighted by Crippen LogP contribution is 2.51. The summed E-state index contributed by atoms with van der Waals surface area (Å²) in [5.41, 5.74) is 13.9. The molecule has 0 radical (unpaired) electrons. The van der Waals surface area contributed by atoms with Crippen molar-refractivity contribution in [2.75, 3.05) is 9.80 Å². The summed E-state index contributed by atoms with van der Waals surface area (Å²) in [6, 6.07) is 25.1. The lowest BCUT2D eigenvalue weighted by molar-refractivity contribution is 1.07. The van der Waals surface area contributed by atoms with Gasteiger partial charge in [-0.3, -0.25) is 9.80 Å². The van der Waals surface area contributed by atoms with E-state index in [1.165, 1.54) is 33.4 Å². The normalized spacial score (nSPS) is 14.0. The molecule has 0 saturated carbocycles. The Morgan fingerprint density at radius 3 is 1.34 bits per heavy atom. The number of thiocarbonyl (C=S) groups is 2. The molecule has 0 spiro atoms. The Bertz CT molecular complexity index is 1950. The number of anilines is 4. The van der Waals surface area contributed by atoms with Gasteiger partial charge in [-0.05, 0) is 88.1 Å². The minimum atomic E-state index is 0.781. The second-order valence-corrected chi connectivity index (χ2v) is 12.7. The van der Waals surface area contributed by atoms with Crippen LogP contribution in [0.2, 0.25) is 0 Å². The maximum absolute atomic E-state index is 5.96. The van der Waals surface area contributed by atoms with Gasteiger partial charge in [0.2, 0.25) is 0 Å². The predicted octanol–water partition coefficient (Wildman–Crippen LogP) is 9.69. The van der Waals surface area contributed by atoms with Crippen LogP contribution in [0.3, 0.4) is 0 Å². The van der Waals surface area contributed by atoms with Gasteiger partial charge in [0.1, 0.15) is 5.82 Å². The van der Waals surface area contributed by atoms with Crippen molar-refractivity contribution in [2.45, 2.75) is 41.5 Å². The van der Waals surface area contributed by atoms with Gasteiger partial charge >= 0.3 is 0 Å². The Morgan fingerprint density at radius 1 is 0.545 bits per heavy atom. The van der Waals surface area contributed by atoms with E-state index < -0.39 is 0 Å². The van der Waals surface area contributed by atoms with Crippen molar-refractivity contribution < 1.29 is 0 Å². The zero-order valence-corrected chi connectivity index (χ0v) is 27.3. The lowest BCUT2D eigenvalue weighted by Gasteiger charge is -2.29. The van der Waals surface area contributed by atoms with Crippen LogP contribution < -0.4 is 9.80 Å². The molecule has 0 N–H and O–H groups in total. The van der Waals surface area contributed by atoms with Crippen molar-refractivity contribution in [3.8, 4) is 0 Å². The molecule has 1 aliphatic carbocycles. The average molecular weight is 609 g/mol. The molecule has 4 nitrogen and oxygen atoms in total. The number of hydrogen-bond acceptors (Lipinski definition) is 6. The molecule has 1 aliphatic heterocycles. The fraction of sp³-hybridized carbons (Fsp3) is 0.158. The van der Waals surface area contributed by atoms with Crippen molar-refractivity contribution in [1.82, 2.24) is 9.97 Å². The highest BCUT2D eigenvalue weighted by Gasteiger charge is 2.39. The Hall–Kier alpha value is -4.52. The number of nitrogens with zero attached hydrogens (tertiary/aromatic N) is 4. The van der Waals surface area contributed by atoms with Crippen LogP contribution in [-0.4, -0.2) is 19.7 Å². The molecule has 6 heteroatoms. The van der Waals surface area contributed by atoms with Gasteiger partial charge in [0.25, 0.3) is 0 Å². The highest BCUT2D eigenvalue weighted by molar-refractivity contribution is 7.84. The molecule has 0 saturated heterocycles. The molecular formula is C38H32N4S2. The lowest BCUT2D eigenvalue weighted by atomic mass is 10.0. The first kappa shape index (κ1) is 28.3. The molecule has 0 atom stereocenters. The number of allylic oxidation sites excluding steroid dienone is 3. The summed E-state index contributed by atoms with van der Waals surface area (Å²) in [7, 11) is 0. The van der Waals surface area contributed by atoms with Gasteiger partial charge in [0, 0.05) is 16.7 Å². The van der Waals surface area contributed by atoms with Crippen molar-refractivity contribution >= 4 is 68.2 Å². The number of rotatable bonds is 3. The third-order valence-corrected chi connectivity index (χ3v) is 9.32. The summed E-state index contributed by atoms with van der Waals surface area (Å²) in [6.45, 7) is 13.0. The molecule has 2 aliphatic rings. The topological polar surface area (TPSA) is 32.3 Å². The van der Waals surface area contributed by atoms with Crippen LogP contribution in [0.4, 0.5) is 23.0 Å². The van der Waals surface area contributed by atoms with E-state index in [4.69, 9.17) is 34.4 Å². The van der Waals surface area contributed by atoms with E-state index in [-0.39, 0.29) is 0 Å². The number of benzene rings is 4. The Kier molecular flexibility index (Phi) is 6.80. The molecule has 44 heavy (non-hydrogen) atoms. The minimum Gasteiger partial charge on any atom is -0.276 e. The molecule has 7 rings (SSSR count). The zero-order chi connectivity index (χ0) is 30.9. The monoisotopic (exact) mass is 608 g/mol. The summed E-state index contributed by atoms with van der Waals surface area (Å²) in [6.07, 6.45) is 4.23. The quantitative estimate of drug-likeness (QED) is 0.150. The SMILES string of the molecule is Cc1cc(C)c(N2C(=CC=C3C(=S)c4ccccc4C3=S)N(c3c(C)cc(C)cc3C)c3nc4ccccc4nc32)c(C)c1. The predicted molar refractivity (Wildman–Crippen MR) is 191 cm³/mol. The number of para-hydroxylation sites is 2. The molecule has 2 heterocycles. The summed E-state index contributed by atoms with van der Waals surface area (Å²) >= 11 is 11.9. The molecule has 0 bridgehead atoms. The highest BCUT2D eigenvalue weighted by atomic mass is 32.1. The van der Waals surface area contributed by atoms with Crippen LogP contribution in [0, 0.1) is 41.5 Å². The summed E-state index contributed by atoms with van der Waals surface area (Å²) in [5.74, 6) is 2.51. The van der Waals surface area contributed by atoms with Crippen molar-refractivity contribution in [3.05, 3.63) is 141 Å². The standard InChI is InChI=1S/C38H32N4S2/c1-21-17-23(3)33(24(4)18-21)41-32(16-15-29-35(43)27-11-7-8-12-28(27)36(29)44)42(34-25(5)19-22(2)20-26(34)6)38-37(41)39-30-13-9-10-14-31(30)40-38/h7-20H,1-6H3. The van der Waals surface area contributed by atoms with Crippen LogP contribution in [0.5, 0.6) is 0 Å². The number of fused-ring (bicyclic) bond motifs is 3. The van der Waals surface area contributed by atoms with E-state index in [2.05, 4.69) is 99.9 Å². The third kappa shape index (κ3) is 4.40. The van der Waals surface area contributed by atoms with Gasteiger partial charge in [-0.25, -0.2) is 9.97 Å². The zero-order valence-electron chi connectivity index (χ0n) is 25.7. The van der Waals surface area contributed by atoms with E-state index in [9.17, 15) is 0 Å². The van der Waals surface area contributed by atoms with Crippen LogP contribution in [0.1, 0.15) is 44.5 Å². The summed E-state index contributed by atoms with van der Waals surface area (Å²) in [5, 5.41) is 0. The van der Waals surface area contributed by atoms with E-state index in [1.807, 2.05) is 36.4 Å². The molecular weight excluding hydrogens is 577 g/mol. The summed E-state index contributed by atoms with van der Waals surface area (Å²) in [4.78, 5) is 16.6. The van der Waals surface area contributed by atoms with Crippen LogP contribution in [-0.2, 0) is 0 Å². The van der Waals surface area contributed by atoms with E-state index in [1.54, 1.807) is 0 Å². The fourth-order valence-corrected chi connectivity index (χ4v) is 7.58. The largest absolute Gasteiger partial charge is 0.276 e. The molecule has 1 aromatic heterocycles. The smallest absolute Gasteiger partial charge is 0.183 e. The van der Waals surface area contributed by atoms with E-state index >= 15 is 0 Å². The molecule has 0 fully saturated rings. The maximum atomic E-state index is 5.96. The second kappa shape index (κ2) is 10.6. The molecule has 0 unspecified atom stereocenters. The average Bonchev–Trinajstić information content (AvgIpc) is 3.40. The van der Waals surface area contributed by atoms with Gasteiger partial charge in [-0.1, -0.05) is 96.2 Å². The minimum absolute atomic E-state index is 0.781. The van der Waals surface area contributed by atoms with Crippen molar-refractivity contribution in [3.63, 3.8) is 0 Å². The first-order valence-corrected chi connectivity index (χ1v) is 15.6. The number of aromatic nitrogens is 2. The third-order valence-electron chi connectivity index (χ3n) is 8.44. The van der Waals surface area contributed by atoms with Crippen molar-refractivity contribution in [1.29, 1.82) is 0 Å². The first-order valence-electron chi connectivity index (χ1n) is 14.8. The van der Waals surface area contributed by atoms with Crippen LogP contribution >= 0.6 is 24.4 Å². The Morgan fingerprint density at radius 2 is 0.932 bits per heavy atom. The second-order valence-electron chi connectivity index (χ2n) is 11.8. The molecule has 5 aromatic rings. The number of aryl methyl sites for hydroxylation is 6. The van der Waals surface area contributed by atoms with Crippen LogP contribution in [0.25, 0.3) is 11.0 Å². The number of hydrogen-bond donors (Lipinski definition) is 0. The van der Waals surface area contributed by atoms with Crippen molar-refractivity contribution in [2.24, 2.45) is 0 Å². The fourth-order valence-electron chi connectivity index (χ4n) is 6.82. The molecule has 4 aromatic carbocycles. The lowest BCUT2D eigenvalue weighted by Crippen LogP contribution is -2.24. The van der Waals surface area contributed by atoms with Gasteiger partial charge in [-0.2, -0.15) is 0 Å². The van der Waals surface area contributed by atoms with Crippen LogP contribution in [0.15, 0.2) is 96.3 Å². The van der Waals surface area contributed by atoms with Gasteiger partial charge in [0.15, 0.2) is 11.6 Å². The Balaban J connectivity index is 1.55. The first-order chi connectivity index (χ1) is 21.1. The van der Waals surface area contributed by atoms with Gasteiger partial charge in [0.05, 0.1) is 32.1 Å². The van der Waals surface area contributed by atoms with Gasteiger partial charge < -0.3 is 0 Å². The Labute approximate surface area is 269 Å². The summed E-state index contributed by atoms with van der Waals surface area (Å²) < 4.78 is 0. The molecule has 216 valence electrons. The van der Waals surface area contributed by atoms with Gasteiger partial charge in [-0.15, -0.1) is 0 Å². The van der Waals surface area contributed by atoms with E-state index in [0.717, 1.165) is 66.3 Å².